The smallest absolute Gasteiger partial charge is 0.306 e. The lowest BCUT2D eigenvalue weighted by atomic mass is 9.95. The van der Waals surface area contributed by atoms with Gasteiger partial charge in [0.15, 0.2) is 0 Å². The van der Waals surface area contributed by atoms with Crippen molar-refractivity contribution in [3.05, 3.63) is 22.5 Å². The molecule has 0 amide bonds. The molecule has 1 saturated heterocycles. The Hall–Kier alpha value is -1.43. The molecule has 0 spiro atoms. The molecule has 0 saturated carbocycles. The second kappa shape index (κ2) is 5.07. The average Bonchev–Trinajstić information content (AvgIpc) is 2.76. The van der Waals surface area contributed by atoms with Crippen LogP contribution in [-0.2, 0) is 6.54 Å². The first-order valence-electron chi connectivity index (χ1n) is 5.63. The van der Waals surface area contributed by atoms with Crippen LogP contribution in [-0.4, -0.2) is 27.8 Å². The van der Waals surface area contributed by atoms with Gasteiger partial charge in [-0.25, -0.2) is 0 Å². The van der Waals surface area contributed by atoms with Crippen LogP contribution in [0.15, 0.2) is 12.4 Å². The number of aromatic nitrogens is 2. The van der Waals surface area contributed by atoms with Crippen LogP contribution < -0.4 is 5.32 Å². The van der Waals surface area contributed by atoms with Crippen LogP contribution >= 0.6 is 0 Å². The molecule has 0 radical (unpaired) electrons. The maximum Gasteiger partial charge on any atom is 0.306 e. The van der Waals surface area contributed by atoms with E-state index in [1.807, 2.05) is 0 Å². The molecule has 0 aromatic carbocycles. The molecule has 2 rings (SSSR count). The summed E-state index contributed by atoms with van der Waals surface area (Å²) < 4.78 is 1.67. The minimum absolute atomic E-state index is 0.0744. The van der Waals surface area contributed by atoms with E-state index in [0.29, 0.717) is 0 Å². The number of hydrogen-bond donors (Lipinski definition) is 1. The van der Waals surface area contributed by atoms with E-state index in [1.165, 1.54) is 25.2 Å². The Balaban J connectivity index is 1.81. The van der Waals surface area contributed by atoms with Crippen LogP contribution in [0.5, 0.6) is 0 Å². The fraction of sp³-hybridized carbons (Fsp3) is 0.700. The molecule has 1 fully saturated rings. The highest BCUT2D eigenvalue weighted by Gasteiger charge is 2.14. The summed E-state index contributed by atoms with van der Waals surface area (Å²) in [5, 5.41) is 17.8. The molecule has 1 aliphatic rings. The zero-order valence-electron chi connectivity index (χ0n) is 9.13. The normalized spacial score (nSPS) is 17.5. The van der Waals surface area contributed by atoms with E-state index < -0.39 is 4.92 Å². The van der Waals surface area contributed by atoms with E-state index in [0.717, 1.165) is 32.0 Å². The molecular weight excluding hydrogens is 208 g/mol. The van der Waals surface area contributed by atoms with E-state index in [1.54, 1.807) is 4.68 Å². The van der Waals surface area contributed by atoms with Crippen molar-refractivity contribution in [3.63, 3.8) is 0 Å². The average molecular weight is 224 g/mol. The van der Waals surface area contributed by atoms with E-state index in [-0.39, 0.29) is 5.69 Å². The summed E-state index contributed by atoms with van der Waals surface area (Å²) >= 11 is 0. The molecule has 16 heavy (non-hydrogen) atoms. The van der Waals surface area contributed by atoms with Gasteiger partial charge < -0.3 is 5.32 Å². The van der Waals surface area contributed by atoms with Gasteiger partial charge in [0, 0.05) is 6.54 Å². The summed E-state index contributed by atoms with van der Waals surface area (Å²) in [7, 11) is 0. The molecule has 0 aliphatic carbocycles. The number of hydrogen-bond acceptors (Lipinski definition) is 4. The molecule has 1 aromatic heterocycles. The summed E-state index contributed by atoms with van der Waals surface area (Å²) in [5.41, 5.74) is 0.0744. The minimum Gasteiger partial charge on any atom is -0.317 e. The Bertz CT molecular complexity index is 357. The van der Waals surface area contributed by atoms with Crippen molar-refractivity contribution in [2.24, 2.45) is 5.92 Å². The van der Waals surface area contributed by atoms with E-state index in [9.17, 15) is 10.1 Å². The lowest BCUT2D eigenvalue weighted by Crippen LogP contribution is -2.28. The number of nitrogens with zero attached hydrogens (tertiary/aromatic N) is 3. The van der Waals surface area contributed by atoms with Crippen LogP contribution in [0.25, 0.3) is 0 Å². The van der Waals surface area contributed by atoms with Gasteiger partial charge in [0.2, 0.25) is 0 Å². The summed E-state index contributed by atoms with van der Waals surface area (Å²) in [4.78, 5) is 10.1. The number of piperidine rings is 1. The van der Waals surface area contributed by atoms with Crippen molar-refractivity contribution >= 4 is 5.69 Å². The molecule has 0 atom stereocenters. The molecule has 1 aromatic rings. The highest BCUT2D eigenvalue weighted by Crippen LogP contribution is 2.17. The van der Waals surface area contributed by atoms with Crippen LogP contribution in [0, 0.1) is 16.0 Å². The topological polar surface area (TPSA) is 73.0 Å². The predicted octanol–water partition coefficient (Wildman–Crippen LogP) is 1.18. The fourth-order valence-electron chi connectivity index (χ4n) is 2.05. The van der Waals surface area contributed by atoms with Crippen molar-refractivity contribution in [1.29, 1.82) is 0 Å². The molecule has 0 bridgehead atoms. The molecule has 6 heteroatoms. The largest absolute Gasteiger partial charge is 0.317 e. The Morgan fingerprint density at radius 3 is 2.94 bits per heavy atom. The first-order valence-corrected chi connectivity index (χ1v) is 5.63. The molecule has 2 heterocycles. The van der Waals surface area contributed by atoms with Gasteiger partial charge in [-0.1, -0.05) is 0 Å². The number of nitrogens with one attached hydrogen (secondary N) is 1. The van der Waals surface area contributed by atoms with Crippen LogP contribution in [0.2, 0.25) is 0 Å². The maximum absolute atomic E-state index is 10.5. The first-order chi connectivity index (χ1) is 7.75. The summed E-state index contributed by atoms with van der Waals surface area (Å²) in [6.45, 7) is 2.95. The fourth-order valence-corrected chi connectivity index (χ4v) is 2.05. The lowest BCUT2D eigenvalue weighted by Gasteiger charge is -2.22. The summed E-state index contributed by atoms with van der Waals surface area (Å²) in [5.74, 6) is 0.726. The standard InChI is InChI=1S/C10H16N4O2/c15-14(16)10-7-12-13(8-10)6-3-9-1-4-11-5-2-9/h7-9,11H,1-6H2. The van der Waals surface area contributed by atoms with Crippen LogP contribution in [0.1, 0.15) is 19.3 Å². The van der Waals surface area contributed by atoms with Crippen molar-refractivity contribution in [2.45, 2.75) is 25.8 Å². The van der Waals surface area contributed by atoms with Crippen LogP contribution in [0.4, 0.5) is 5.69 Å². The first kappa shape index (κ1) is 11.1. The maximum atomic E-state index is 10.5. The number of rotatable bonds is 4. The Kier molecular flexibility index (Phi) is 3.51. The molecule has 1 N–H and O–H groups in total. The summed E-state index contributed by atoms with van der Waals surface area (Å²) in [6, 6.07) is 0. The monoisotopic (exact) mass is 224 g/mol. The van der Waals surface area contributed by atoms with Gasteiger partial charge in [0.1, 0.15) is 12.4 Å². The second-order valence-electron chi connectivity index (χ2n) is 4.20. The van der Waals surface area contributed by atoms with Crippen molar-refractivity contribution in [1.82, 2.24) is 15.1 Å². The third-order valence-electron chi connectivity index (χ3n) is 3.06. The zero-order chi connectivity index (χ0) is 11.4. The van der Waals surface area contributed by atoms with Crippen molar-refractivity contribution in [2.75, 3.05) is 13.1 Å². The van der Waals surface area contributed by atoms with Gasteiger partial charge in [-0.3, -0.25) is 14.8 Å². The Morgan fingerprint density at radius 2 is 2.31 bits per heavy atom. The molecule has 0 unspecified atom stereocenters. The highest BCUT2D eigenvalue weighted by atomic mass is 16.6. The van der Waals surface area contributed by atoms with E-state index in [2.05, 4.69) is 10.4 Å². The molecule has 88 valence electrons. The lowest BCUT2D eigenvalue weighted by molar-refractivity contribution is -0.385. The van der Waals surface area contributed by atoms with Crippen LogP contribution in [0.3, 0.4) is 0 Å². The SMILES string of the molecule is O=[N+]([O-])c1cnn(CCC2CCNCC2)c1. The Labute approximate surface area is 93.8 Å². The molecular formula is C10H16N4O2. The molecule has 6 nitrogen and oxygen atoms in total. The number of aryl methyl sites for hydroxylation is 1. The van der Waals surface area contributed by atoms with Gasteiger partial charge in [0.25, 0.3) is 0 Å². The quantitative estimate of drug-likeness (QED) is 0.615. The second-order valence-corrected chi connectivity index (χ2v) is 4.20. The molecule has 1 aliphatic heterocycles. The predicted molar refractivity (Wildman–Crippen MR) is 59.1 cm³/mol. The van der Waals surface area contributed by atoms with Gasteiger partial charge >= 0.3 is 5.69 Å². The van der Waals surface area contributed by atoms with Gasteiger partial charge in [0.05, 0.1) is 4.92 Å². The third-order valence-corrected chi connectivity index (χ3v) is 3.06. The van der Waals surface area contributed by atoms with Crippen molar-refractivity contribution < 1.29 is 4.92 Å². The van der Waals surface area contributed by atoms with Gasteiger partial charge in [-0.15, -0.1) is 0 Å². The zero-order valence-corrected chi connectivity index (χ0v) is 9.13. The number of nitro groups is 1. The minimum atomic E-state index is -0.409. The van der Waals surface area contributed by atoms with Gasteiger partial charge in [-0.2, -0.15) is 5.10 Å². The highest BCUT2D eigenvalue weighted by molar-refractivity contribution is 5.20. The van der Waals surface area contributed by atoms with E-state index >= 15 is 0 Å². The van der Waals surface area contributed by atoms with E-state index in [4.69, 9.17) is 0 Å². The third kappa shape index (κ3) is 2.79. The van der Waals surface area contributed by atoms with Crippen molar-refractivity contribution in [3.8, 4) is 0 Å². The summed E-state index contributed by atoms with van der Waals surface area (Å²) in [6.07, 6.45) is 6.26. The van der Waals surface area contributed by atoms with Gasteiger partial charge in [-0.05, 0) is 38.3 Å². The Morgan fingerprint density at radius 1 is 1.56 bits per heavy atom.